The summed E-state index contributed by atoms with van der Waals surface area (Å²) >= 11 is 0. The predicted molar refractivity (Wildman–Crippen MR) is 122 cm³/mol. The summed E-state index contributed by atoms with van der Waals surface area (Å²) in [5.41, 5.74) is 0.0481. The van der Waals surface area contributed by atoms with Crippen molar-refractivity contribution in [1.29, 1.82) is 0 Å². The van der Waals surface area contributed by atoms with Gasteiger partial charge in [-0.1, -0.05) is 31.0 Å². The fourth-order valence-electron chi connectivity index (χ4n) is 4.98. The van der Waals surface area contributed by atoms with Gasteiger partial charge in [0.2, 0.25) is 0 Å². The Morgan fingerprint density at radius 3 is 2.36 bits per heavy atom. The van der Waals surface area contributed by atoms with Crippen LogP contribution >= 0.6 is 0 Å². The lowest BCUT2D eigenvalue weighted by Gasteiger charge is -2.43. The number of amides is 1. The number of benzene rings is 1. The van der Waals surface area contributed by atoms with Crippen molar-refractivity contribution < 1.29 is 24.2 Å². The monoisotopic (exact) mass is 456 g/mol. The smallest absolute Gasteiger partial charge is 0.432 e. The van der Waals surface area contributed by atoms with E-state index in [2.05, 4.69) is 10.00 Å². The standard InChI is InChI=1S/C24H32N4O5/c1-24(2,3)33-22(30)17-9-5-6-10-18(17)26-12-14-27(15-13-26)21(29)20-16-8-4-7-11-19(16)28(25-20)23(31)32/h4,7-8,11,17-18H,5-6,9-10,12-15H2,1-3H3,(H,31,32). The molecule has 1 N–H and O–H groups in total. The first-order chi connectivity index (χ1) is 15.7. The summed E-state index contributed by atoms with van der Waals surface area (Å²) in [7, 11) is 0. The largest absolute Gasteiger partial charge is 0.463 e. The number of aromatic nitrogens is 2. The van der Waals surface area contributed by atoms with E-state index in [0.717, 1.165) is 30.4 Å². The lowest BCUT2D eigenvalue weighted by molar-refractivity contribution is -0.164. The Labute approximate surface area is 193 Å². The number of ether oxygens (including phenoxy) is 1. The van der Waals surface area contributed by atoms with Crippen molar-refractivity contribution in [2.45, 2.75) is 58.1 Å². The second-order valence-electron chi connectivity index (χ2n) is 9.88. The van der Waals surface area contributed by atoms with Crippen LogP contribution in [-0.2, 0) is 9.53 Å². The minimum absolute atomic E-state index is 0.123. The average Bonchev–Trinajstić information content (AvgIpc) is 3.18. The van der Waals surface area contributed by atoms with Crippen LogP contribution in [0.1, 0.15) is 56.9 Å². The Hall–Kier alpha value is -2.94. The maximum atomic E-state index is 13.2. The maximum absolute atomic E-state index is 13.2. The van der Waals surface area contributed by atoms with Gasteiger partial charge in [0.05, 0.1) is 11.4 Å². The third-order valence-corrected chi connectivity index (χ3v) is 6.48. The van der Waals surface area contributed by atoms with E-state index >= 15 is 0 Å². The summed E-state index contributed by atoms with van der Waals surface area (Å²) in [5, 5.41) is 14.1. The van der Waals surface area contributed by atoms with Gasteiger partial charge < -0.3 is 14.7 Å². The van der Waals surface area contributed by atoms with Crippen LogP contribution in [0, 0.1) is 5.92 Å². The fourth-order valence-corrected chi connectivity index (χ4v) is 4.98. The fraction of sp³-hybridized carbons (Fsp3) is 0.583. The molecular weight excluding hydrogens is 424 g/mol. The molecule has 2 fully saturated rings. The van der Waals surface area contributed by atoms with Crippen LogP contribution < -0.4 is 0 Å². The first-order valence-electron chi connectivity index (χ1n) is 11.6. The van der Waals surface area contributed by atoms with Crippen LogP contribution in [0.5, 0.6) is 0 Å². The molecule has 4 rings (SSSR count). The van der Waals surface area contributed by atoms with Crippen molar-refractivity contribution in [1.82, 2.24) is 19.6 Å². The van der Waals surface area contributed by atoms with Crippen molar-refractivity contribution in [2.24, 2.45) is 5.92 Å². The second kappa shape index (κ2) is 9.13. The number of piperazine rings is 1. The third kappa shape index (κ3) is 4.88. The van der Waals surface area contributed by atoms with Gasteiger partial charge in [0.1, 0.15) is 5.60 Å². The highest BCUT2D eigenvalue weighted by Crippen LogP contribution is 2.31. The lowest BCUT2D eigenvalue weighted by atomic mass is 9.83. The van der Waals surface area contributed by atoms with Crippen LogP contribution in [0.25, 0.3) is 10.9 Å². The van der Waals surface area contributed by atoms with Gasteiger partial charge in [-0.3, -0.25) is 14.5 Å². The number of carbonyl (C=O) groups excluding carboxylic acids is 2. The van der Waals surface area contributed by atoms with E-state index in [9.17, 15) is 19.5 Å². The van der Waals surface area contributed by atoms with Gasteiger partial charge in [-0.15, -0.1) is 0 Å². The number of carbonyl (C=O) groups is 3. The molecule has 2 unspecified atom stereocenters. The number of fused-ring (bicyclic) bond motifs is 1. The third-order valence-electron chi connectivity index (χ3n) is 6.48. The minimum atomic E-state index is -1.22. The normalized spacial score (nSPS) is 22.3. The Bertz CT molecular complexity index is 1050. The molecular formula is C24H32N4O5. The van der Waals surface area contributed by atoms with Crippen LogP contribution in [0.2, 0.25) is 0 Å². The van der Waals surface area contributed by atoms with Crippen molar-refractivity contribution in [3.05, 3.63) is 30.0 Å². The quantitative estimate of drug-likeness (QED) is 0.707. The predicted octanol–water partition coefficient (Wildman–Crippen LogP) is 3.22. The van der Waals surface area contributed by atoms with E-state index in [4.69, 9.17) is 4.74 Å². The SMILES string of the molecule is CC(C)(C)OC(=O)C1CCCCC1N1CCN(C(=O)c2nn(C(=O)O)c3ccccc23)CC1. The van der Waals surface area contributed by atoms with E-state index in [1.807, 2.05) is 20.8 Å². The van der Waals surface area contributed by atoms with Gasteiger partial charge in [-0.05, 0) is 39.7 Å². The number of nitrogens with zero attached hydrogens (tertiary/aromatic N) is 4. The molecule has 1 saturated heterocycles. The number of para-hydroxylation sites is 1. The van der Waals surface area contributed by atoms with E-state index < -0.39 is 11.7 Å². The van der Waals surface area contributed by atoms with E-state index in [-0.39, 0.29) is 29.5 Å². The zero-order valence-electron chi connectivity index (χ0n) is 19.5. The molecule has 1 aromatic heterocycles. The number of carboxylic acid groups (broad SMARTS) is 1. The molecule has 2 aromatic rings. The summed E-state index contributed by atoms with van der Waals surface area (Å²) in [5.74, 6) is -0.537. The molecule has 9 nitrogen and oxygen atoms in total. The second-order valence-corrected chi connectivity index (χ2v) is 9.88. The summed E-state index contributed by atoms with van der Waals surface area (Å²) in [4.78, 5) is 41.6. The molecule has 1 aliphatic heterocycles. The van der Waals surface area contributed by atoms with E-state index in [0.29, 0.717) is 37.1 Å². The lowest BCUT2D eigenvalue weighted by Crippen LogP contribution is -2.55. The molecule has 9 heteroatoms. The topological polar surface area (TPSA) is 105 Å². The Balaban J connectivity index is 1.45. The molecule has 2 heterocycles. The van der Waals surface area contributed by atoms with Crippen LogP contribution in [0.3, 0.4) is 0 Å². The van der Waals surface area contributed by atoms with E-state index in [1.54, 1.807) is 29.2 Å². The van der Waals surface area contributed by atoms with E-state index in [1.165, 1.54) is 0 Å². The Morgan fingerprint density at radius 1 is 1.03 bits per heavy atom. The summed E-state index contributed by atoms with van der Waals surface area (Å²) in [6.45, 7) is 8.00. The molecule has 2 atom stereocenters. The highest BCUT2D eigenvalue weighted by molar-refractivity contribution is 6.06. The van der Waals surface area contributed by atoms with Crippen molar-refractivity contribution in [3.63, 3.8) is 0 Å². The molecule has 1 aliphatic carbocycles. The zero-order valence-corrected chi connectivity index (χ0v) is 19.5. The number of hydrogen-bond acceptors (Lipinski definition) is 6. The number of rotatable bonds is 3. The maximum Gasteiger partial charge on any atom is 0.432 e. The Kier molecular flexibility index (Phi) is 6.43. The number of hydrogen-bond donors (Lipinski definition) is 1. The minimum Gasteiger partial charge on any atom is -0.463 e. The highest BCUT2D eigenvalue weighted by atomic mass is 16.6. The molecule has 2 aliphatic rings. The van der Waals surface area contributed by atoms with Crippen molar-refractivity contribution >= 4 is 28.9 Å². The molecule has 0 bridgehead atoms. The summed E-state index contributed by atoms with van der Waals surface area (Å²) in [6, 6.07) is 6.98. The zero-order chi connectivity index (χ0) is 23.8. The summed E-state index contributed by atoms with van der Waals surface area (Å²) in [6.07, 6.45) is 2.67. The van der Waals surface area contributed by atoms with Crippen LogP contribution in [0.15, 0.2) is 24.3 Å². The van der Waals surface area contributed by atoms with Crippen molar-refractivity contribution in [2.75, 3.05) is 26.2 Å². The molecule has 0 radical (unpaired) electrons. The van der Waals surface area contributed by atoms with Gasteiger partial charge in [0, 0.05) is 37.6 Å². The van der Waals surface area contributed by atoms with Crippen LogP contribution in [0.4, 0.5) is 4.79 Å². The number of esters is 1. The Morgan fingerprint density at radius 2 is 1.70 bits per heavy atom. The molecule has 1 amide bonds. The first kappa shape index (κ1) is 23.2. The van der Waals surface area contributed by atoms with Gasteiger partial charge >= 0.3 is 12.1 Å². The van der Waals surface area contributed by atoms with Gasteiger partial charge in [0.15, 0.2) is 5.69 Å². The van der Waals surface area contributed by atoms with Gasteiger partial charge in [-0.25, -0.2) is 4.79 Å². The molecule has 1 saturated carbocycles. The first-order valence-corrected chi connectivity index (χ1v) is 11.6. The van der Waals surface area contributed by atoms with Gasteiger partial charge in [-0.2, -0.15) is 9.78 Å². The van der Waals surface area contributed by atoms with Gasteiger partial charge in [0.25, 0.3) is 5.91 Å². The average molecular weight is 457 g/mol. The molecule has 1 aromatic carbocycles. The molecule has 33 heavy (non-hydrogen) atoms. The summed E-state index contributed by atoms with van der Waals surface area (Å²) < 4.78 is 6.54. The van der Waals surface area contributed by atoms with Crippen molar-refractivity contribution in [3.8, 4) is 0 Å². The van der Waals surface area contributed by atoms with Crippen LogP contribution in [-0.4, -0.2) is 80.5 Å². The molecule has 178 valence electrons. The highest BCUT2D eigenvalue weighted by Gasteiger charge is 2.39. The molecule has 0 spiro atoms.